The standard InChI is InChI=1S/C13H15FN2OS/c1-8-5-10(7-18-8)13(16-15)9-3-4-12(17-2)11(14)6-9/h3-7,13,16H,15H2,1-2H3. The van der Waals surface area contributed by atoms with Gasteiger partial charge in [0.05, 0.1) is 13.2 Å². The third-order valence-corrected chi connectivity index (χ3v) is 3.64. The number of nitrogens with one attached hydrogen (secondary N) is 1. The topological polar surface area (TPSA) is 47.3 Å². The molecule has 0 amide bonds. The van der Waals surface area contributed by atoms with Crippen molar-refractivity contribution in [3.05, 3.63) is 51.5 Å². The Hall–Kier alpha value is -1.43. The molecule has 1 atom stereocenters. The van der Waals surface area contributed by atoms with E-state index in [4.69, 9.17) is 10.6 Å². The smallest absolute Gasteiger partial charge is 0.165 e. The first-order valence-electron chi connectivity index (χ1n) is 5.50. The lowest BCUT2D eigenvalue weighted by Crippen LogP contribution is -2.28. The molecule has 18 heavy (non-hydrogen) atoms. The fraction of sp³-hybridized carbons (Fsp3) is 0.231. The number of thiophene rings is 1. The summed E-state index contributed by atoms with van der Waals surface area (Å²) in [5, 5.41) is 2.02. The lowest BCUT2D eigenvalue weighted by atomic mass is 10.0. The molecule has 0 spiro atoms. The molecule has 1 aromatic carbocycles. The van der Waals surface area contributed by atoms with Crippen LogP contribution < -0.4 is 16.0 Å². The van der Waals surface area contributed by atoms with Crippen molar-refractivity contribution in [1.29, 1.82) is 0 Å². The molecular formula is C13H15FN2OS. The molecule has 96 valence electrons. The third-order valence-electron chi connectivity index (χ3n) is 2.76. The Labute approximate surface area is 109 Å². The molecule has 1 heterocycles. The number of halogens is 1. The predicted molar refractivity (Wildman–Crippen MR) is 71.2 cm³/mol. The Kier molecular flexibility index (Phi) is 3.96. The Morgan fingerprint density at radius 3 is 2.61 bits per heavy atom. The minimum atomic E-state index is -0.387. The van der Waals surface area contributed by atoms with Gasteiger partial charge in [0.2, 0.25) is 0 Å². The highest BCUT2D eigenvalue weighted by atomic mass is 32.1. The molecule has 2 rings (SSSR count). The quantitative estimate of drug-likeness (QED) is 0.661. The molecule has 0 fully saturated rings. The van der Waals surface area contributed by atoms with E-state index in [1.165, 1.54) is 18.1 Å². The first-order valence-corrected chi connectivity index (χ1v) is 6.38. The zero-order chi connectivity index (χ0) is 13.1. The summed E-state index contributed by atoms with van der Waals surface area (Å²) in [6.45, 7) is 2.02. The highest BCUT2D eigenvalue weighted by molar-refractivity contribution is 7.10. The zero-order valence-electron chi connectivity index (χ0n) is 10.2. The van der Waals surface area contributed by atoms with Crippen LogP contribution in [0.2, 0.25) is 0 Å². The van der Waals surface area contributed by atoms with E-state index < -0.39 is 0 Å². The average molecular weight is 266 g/mol. The molecule has 1 aromatic heterocycles. The van der Waals surface area contributed by atoms with E-state index >= 15 is 0 Å². The van der Waals surface area contributed by atoms with Gasteiger partial charge in [0.15, 0.2) is 11.6 Å². The van der Waals surface area contributed by atoms with E-state index in [0.29, 0.717) is 0 Å². The second-order valence-corrected chi connectivity index (χ2v) is 5.10. The summed E-state index contributed by atoms with van der Waals surface area (Å²) in [6, 6.07) is 6.68. The van der Waals surface area contributed by atoms with Crippen LogP contribution in [0.15, 0.2) is 29.6 Å². The van der Waals surface area contributed by atoms with Gasteiger partial charge in [-0.05, 0) is 41.6 Å². The number of rotatable bonds is 4. The van der Waals surface area contributed by atoms with Crippen molar-refractivity contribution < 1.29 is 9.13 Å². The number of methoxy groups -OCH3 is 1. The summed E-state index contributed by atoms with van der Waals surface area (Å²) in [4.78, 5) is 1.19. The van der Waals surface area contributed by atoms with Crippen molar-refractivity contribution in [2.24, 2.45) is 5.84 Å². The average Bonchev–Trinajstić information content (AvgIpc) is 2.77. The summed E-state index contributed by atoms with van der Waals surface area (Å²) < 4.78 is 18.6. The van der Waals surface area contributed by atoms with Gasteiger partial charge in [-0.1, -0.05) is 6.07 Å². The molecule has 0 aliphatic heterocycles. The molecule has 1 unspecified atom stereocenters. The minimum Gasteiger partial charge on any atom is -0.494 e. The van der Waals surface area contributed by atoms with Gasteiger partial charge in [-0.2, -0.15) is 0 Å². The predicted octanol–water partition coefficient (Wildman–Crippen LogP) is 2.76. The van der Waals surface area contributed by atoms with Gasteiger partial charge in [-0.3, -0.25) is 5.84 Å². The number of aryl methyl sites for hydroxylation is 1. The number of ether oxygens (including phenoxy) is 1. The summed E-state index contributed by atoms with van der Waals surface area (Å²) in [5.41, 5.74) is 4.52. The van der Waals surface area contributed by atoms with E-state index in [-0.39, 0.29) is 17.6 Å². The maximum atomic E-state index is 13.7. The Morgan fingerprint density at radius 1 is 1.33 bits per heavy atom. The van der Waals surface area contributed by atoms with Gasteiger partial charge in [-0.15, -0.1) is 11.3 Å². The van der Waals surface area contributed by atoms with Crippen molar-refractivity contribution in [3.63, 3.8) is 0 Å². The van der Waals surface area contributed by atoms with Gasteiger partial charge in [0.1, 0.15) is 0 Å². The molecule has 0 aliphatic carbocycles. The van der Waals surface area contributed by atoms with Crippen molar-refractivity contribution in [2.75, 3.05) is 7.11 Å². The summed E-state index contributed by atoms with van der Waals surface area (Å²) >= 11 is 1.64. The number of benzene rings is 1. The van der Waals surface area contributed by atoms with Crippen LogP contribution in [0.1, 0.15) is 22.0 Å². The number of nitrogens with two attached hydrogens (primary N) is 1. The SMILES string of the molecule is COc1ccc(C(NN)c2csc(C)c2)cc1F. The van der Waals surface area contributed by atoms with Gasteiger partial charge in [0.25, 0.3) is 0 Å². The highest BCUT2D eigenvalue weighted by Crippen LogP contribution is 2.28. The van der Waals surface area contributed by atoms with Crippen LogP contribution in [0.4, 0.5) is 4.39 Å². The van der Waals surface area contributed by atoms with Crippen molar-refractivity contribution in [3.8, 4) is 5.75 Å². The van der Waals surface area contributed by atoms with Gasteiger partial charge >= 0.3 is 0 Å². The first-order chi connectivity index (χ1) is 8.65. The lowest BCUT2D eigenvalue weighted by Gasteiger charge is -2.16. The molecule has 3 nitrogen and oxygen atoms in total. The van der Waals surface area contributed by atoms with Crippen LogP contribution in [-0.4, -0.2) is 7.11 Å². The van der Waals surface area contributed by atoms with Crippen molar-refractivity contribution >= 4 is 11.3 Å². The summed E-state index contributed by atoms with van der Waals surface area (Å²) in [6.07, 6.45) is 0. The van der Waals surface area contributed by atoms with E-state index in [2.05, 4.69) is 5.43 Å². The Bertz CT molecular complexity index is 542. The lowest BCUT2D eigenvalue weighted by molar-refractivity contribution is 0.385. The van der Waals surface area contributed by atoms with Gasteiger partial charge in [0, 0.05) is 4.88 Å². The largest absolute Gasteiger partial charge is 0.494 e. The molecule has 0 aliphatic rings. The monoisotopic (exact) mass is 266 g/mol. The molecule has 0 bridgehead atoms. The number of hydrogen-bond donors (Lipinski definition) is 2. The van der Waals surface area contributed by atoms with Crippen LogP contribution in [0, 0.1) is 12.7 Å². The van der Waals surface area contributed by atoms with Crippen LogP contribution >= 0.6 is 11.3 Å². The van der Waals surface area contributed by atoms with Crippen molar-refractivity contribution in [1.82, 2.24) is 5.43 Å². The van der Waals surface area contributed by atoms with Crippen LogP contribution in [0.3, 0.4) is 0 Å². The van der Waals surface area contributed by atoms with Gasteiger partial charge in [-0.25, -0.2) is 9.82 Å². The molecule has 2 aromatic rings. The van der Waals surface area contributed by atoms with E-state index in [1.807, 2.05) is 18.4 Å². The van der Waals surface area contributed by atoms with Gasteiger partial charge < -0.3 is 4.74 Å². The third kappa shape index (κ3) is 2.53. The summed E-state index contributed by atoms with van der Waals surface area (Å²) in [5.74, 6) is 5.41. The van der Waals surface area contributed by atoms with E-state index in [9.17, 15) is 4.39 Å². The number of hydrazine groups is 1. The maximum Gasteiger partial charge on any atom is 0.165 e. The fourth-order valence-electron chi connectivity index (χ4n) is 1.86. The van der Waals surface area contributed by atoms with Crippen LogP contribution in [-0.2, 0) is 0 Å². The molecular weight excluding hydrogens is 251 g/mol. The molecule has 0 saturated heterocycles. The molecule has 0 saturated carbocycles. The molecule has 5 heteroatoms. The molecule has 3 N–H and O–H groups in total. The maximum absolute atomic E-state index is 13.7. The van der Waals surface area contributed by atoms with Crippen molar-refractivity contribution in [2.45, 2.75) is 13.0 Å². The normalized spacial score (nSPS) is 12.4. The zero-order valence-corrected chi connectivity index (χ0v) is 11.1. The van der Waals surface area contributed by atoms with Crippen LogP contribution in [0.5, 0.6) is 5.75 Å². The van der Waals surface area contributed by atoms with Crippen LogP contribution in [0.25, 0.3) is 0 Å². The first kappa shape index (κ1) is 13.0. The molecule has 0 radical (unpaired) electrons. The Balaban J connectivity index is 2.36. The highest BCUT2D eigenvalue weighted by Gasteiger charge is 2.15. The fourth-order valence-corrected chi connectivity index (χ4v) is 2.59. The number of hydrogen-bond acceptors (Lipinski definition) is 4. The van der Waals surface area contributed by atoms with E-state index in [1.54, 1.807) is 23.5 Å². The second-order valence-electron chi connectivity index (χ2n) is 3.98. The van der Waals surface area contributed by atoms with E-state index in [0.717, 1.165) is 11.1 Å². The summed E-state index contributed by atoms with van der Waals surface area (Å²) in [7, 11) is 1.44. The second kappa shape index (κ2) is 5.48. The Morgan fingerprint density at radius 2 is 2.11 bits per heavy atom. The minimum absolute atomic E-state index is 0.213.